The number of amides is 1. The van der Waals surface area contributed by atoms with Crippen molar-refractivity contribution in [2.24, 2.45) is 5.73 Å². The Bertz CT molecular complexity index is 1620. The van der Waals surface area contributed by atoms with Gasteiger partial charge in [-0.1, -0.05) is 36.4 Å². The zero-order valence-corrected chi connectivity index (χ0v) is 29.6. The van der Waals surface area contributed by atoms with Crippen molar-refractivity contribution >= 4 is 46.5 Å². The summed E-state index contributed by atoms with van der Waals surface area (Å²) >= 11 is 0. The Morgan fingerprint density at radius 1 is 0.654 bits per heavy atom. The lowest BCUT2D eigenvalue weighted by Gasteiger charge is -2.49. The van der Waals surface area contributed by atoms with E-state index in [0.717, 1.165) is 37.1 Å². The zero-order valence-electron chi connectivity index (χ0n) is 29.6. The topological polar surface area (TPSA) is 224 Å². The van der Waals surface area contributed by atoms with Crippen LogP contribution in [0.25, 0.3) is 10.8 Å². The van der Waals surface area contributed by atoms with Gasteiger partial charge in [0, 0.05) is 41.5 Å². The Balaban J connectivity index is 1.77. The molecule has 3 N–H and O–H groups in total. The number of carbonyl (C=O) groups excluding carboxylic acids is 6. The van der Waals surface area contributed by atoms with E-state index in [4.69, 9.17) is 48.4 Å². The van der Waals surface area contributed by atoms with Gasteiger partial charge in [-0.05, 0) is 22.4 Å². The van der Waals surface area contributed by atoms with E-state index in [1.807, 2.05) is 42.5 Å². The normalized spacial score (nSPS) is 28.6. The van der Waals surface area contributed by atoms with Gasteiger partial charge in [-0.3, -0.25) is 28.8 Å². The molecule has 10 atom stereocenters. The van der Waals surface area contributed by atoms with E-state index in [1.54, 1.807) is 0 Å². The Morgan fingerprint density at radius 2 is 1.21 bits per heavy atom. The maximum absolute atomic E-state index is 12.6. The van der Waals surface area contributed by atoms with Crippen molar-refractivity contribution in [3.63, 3.8) is 0 Å². The van der Waals surface area contributed by atoms with E-state index in [9.17, 15) is 28.8 Å². The summed E-state index contributed by atoms with van der Waals surface area (Å²) in [7, 11) is 0. The third kappa shape index (κ3) is 10.9. The molecule has 52 heavy (non-hydrogen) atoms. The summed E-state index contributed by atoms with van der Waals surface area (Å²) in [6.07, 6.45) is -11.1. The van der Waals surface area contributed by atoms with Gasteiger partial charge in [0.2, 0.25) is 5.91 Å². The van der Waals surface area contributed by atoms with Gasteiger partial charge < -0.3 is 53.7 Å². The van der Waals surface area contributed by atoms with Crippen LogP contribution in [-0.4, -0.2) is 110 Å². The lowest BCUT2D eigenvalue weighted by molar-refractivity contribution is -0.345. The molecule has 0 aliphatic carbocycles. The number of hydrogen-bond acceptors (Lipinski definition) is 16. The van der Waals surface area contributed by atoms with Crippen LogP contribution in [0.2, 0.25) is 0 Å². The molecule has 0 spiro atoms. The van der Waals surface area contributed by atoms with Crippen LogP contribution in [0.1, 0.15) is 47.1 Å². The molecule has 2 aromatic carbocycles. The molecule has 2 aromatic rings. The first-order valence-corrected chi connectivity index (χ1v) is 16.5. The van der Waals surface area contributed by atoms with E-state index >= 15 is 0 Å². The first-order valence-electron chi connectivity index (χ1n) is 16.5. The standard InChI is InChI=1S/C35H44N2O15/c1-17(38)37-29-31(48-21(5)42)28(36)26(15-44-18(2)39)50-34(29)52-32-30(47-20(4)41)27(16-45-19(3)40)51-35(33(32)49-22(6)43)46-14-23-11-12-24-9-7-8-10-25(24)13-23/h7-13,26-35H,14-16,36H2,1-6H3,(H,37,38)/t26-,27-,28-,29-,30-,31+,32+,33-,34+,35-/m1/s1. The highest BCUT2D eigenvalue weighted by Gasteiger charge is 2.55. The summed E-state index contributed by atoms with van der Waals surface area (Å²) < 4.78 is 52.2. The van der Waals surface area contributed by atoms with Crippen molar-refractivity contribution in [3.8, 4) is 0 Å². The molecular formula is C35H44N2O15. The van der Waals surface area contributed by atoms with Crippen LogP contribution in [-0.2, 0) is 78.0 Å². The number of fused-ring (bicyclic) bond motifs is 1. The molecule has 1 amide bonds. The second kappa shape index (κ2) is 18.2. The van der Waals surface area contributed by atoms with E-state index in [1.165, 1.54) is 20.8 Å². The monoisotopic (exact) mass is 732 g/mol. The molecule has 4 rings (SSSR count). The molecule has 0 saturated carbocycles. The predicted octanol–water partition coefficient (Wildman–Crippen LogP) is 0.945. The summed E-state index contributed by atoms with van der Waals surface area (Å²) in [6, 6.07) is 10.9. The summed E-state index contributed by atoms with van der Waals surface area (Å²) in [5, 5.41) is 4.56. The number of benzene rings is 2. The van der Waals surface area contributed by atoms with E-state index in [-0.39, 0.29) is 6.61 Å². The second-order valence-electron chi connectivity index (χ2n) is 12.3. The molecule has 17 nitrogen and oxygen atoms in total. The molecule has 2 fully saturated rings. The molecule has 284 valence electrons. The van der Waals surface area contributed by atoms with Gasteiger partial charge in [0.1, 0.15) is 43.7 Å². The molecule has 0 radical (unpaired) electrons. The second-order valence-corrected chi connectivity index (χ2v) is 12.3. The third-order valence-electron chi connectivity index (χ3n) is 8.05. The van der Waals surface area contributed by atoms with Crippen LogP contribution >= 0.6 is 0 Å². The molecule has 0 aromatic heterocycles. The fourth-order valence-corrected chi connectivity index (χ4v) is 5.96. The fourth-order valence-electron chi connectivity index (χ4n) is 5.96. The molecule has 0 unspecified atom stereocenters. The van der Waals surface area contributed by atoms with Gasteiger partial charge in [-0.15, -0.1) is 0 Å². The minimum Gasteiger partial charge on any atom is -0.463 e. The minimum atomic E-state index is -1.58. The number of hydrogen-bond donors (Lipinski definition) is 2. The largest absolute Gasteiger partial charge is 0.463 e. The molecule has 2 heterocycles. The van der Waals surface area contributed by atoms with Crippen molar-refractivity contribution in [2.45, 2.75) is 109 Å². The lowest BCUT2D eigenvalue weighted by Crippen LogP contribution is -2.70. The van der Waals surface area contributed by atoms with Gasteiger partial charge in [0.15, 0.2) is 24.8 Å². The van der Waals surface area contributed by atoms with Crippen LogP contribution in [0.3, 0.4) is 0 Å². The van der Waals surface area contributed by atoms with Crippen molar-refractivity contribution in [1.29, 1.82) is 0 Å². The van der Waals surface area contributed by atoms with Crippen LogP contribution in [0.4, 0.5) is 0 Å². The van der Waals surface area contributed by atoms with E-state index in [0.29, 0.717) is 0 Å². The highest BCUT2D eigenvalue weighted by Crippen LogP contribution is 2.34. The van der Waals surface area contributed by atoms with Crippen LogP contribution < -0.4 is 11.1 Å². The van der Waals surface area contributed by atoms with Crippen LogP contribution in [0.15, 0.2) is 42.5 Å². The number of carbonyl (C=O) groups is 6. The van der Waals surface area contributed by atoms with Gasteiger partial charge in [-0.2, -0.15) is 0 Å². The Hall–Kier alpha value is -4.68. The maximum Gasteiger partial charge on any atom is 0.303 e. The van der Waals surface area contributed by atoms with Gasteiger partial charge in [0.25, 0.3) is 0 Å². The quantitative estimate of drug-likeness (QED) is 0.216. The first kappa shape index (κ1) is 40.1. The highest BCUT2D eigenvalue weighted by atomic mass is 16.8. The number of nitrogens with two attached hydrogens (primary N) is 1. The number of nitrogens with one attached hydrogen (secondary N) is 1. The average molecular weight is 733 g/mol. The summed E-state index contributed by atoms with van der Waals surface area (Å²) in [6.45, 7) is 6.01. The molecule has 2 aliphatic rings. The average Bonchev–Trinajstić information content (AvgIpc) is 3.06. The Labute approximate surface area is 299 Å². The third-order valence-corrected chi connectivity index (χ3v) is 8.05. The van der Waals surface area contributed by atoms with Gasteiger partial charge in [-0.25, -0.2) is 0 Å². The highest BCUT2D eigenvalue weighted by molar-refractivity contribution is 5.83. The van der Waals surface area contributed by atoms with Gasteiger partial charge >= 0.3 is 29.8 Å². The number of ether oxygens (including phenoxy) is 9. The minimum absolute atomic E-state index is 0.0548. The zero-order chi connectivity index (χ0) is 38.1. The van der Waals surface area contributed by atoms with Crippen molar-refractivity contribution in [2.75, 3.05) is 13.2 Å². The molecule has 17 heteroatoms. The van der Waals surface area contributed by atoms with Crippen molar-refractivity contribution in [3.05, 3.63) is 48.0 Å². The maximum atomic E-state index is 12.6. The van der Waals surface area contributed by atoms with Crippen LogP contribution in [0, 0.1) is 0 Å². The van der Waals surface area contributed by atoms with Crippen molar-refractivity contribution in [1.82, 2.24) is 5.32 Å². The lowest BCUT2D eigenvalue weighted by atomic mass is 9.93. The number of esters is 5. The smallest absolute Gasteiger partial charge is 0.303 e. The van der Waals surface area contributed by atoms with Crippen molar-refractivity contribution < 1.29 is 71.4 Å². The molecule has 2 aliphatic heterocycles. The first-order chi connectivity index (χ1) is 24.6. The molecule has 0 bridgehead atoms. The Kier molecular flexibility index (Phi) is 14.0. The van der Waals surface area contributed by atoms with Gasteiger partial charge in [0.05, 0.1) is 12.6 Å². The van der Waals surface area contributed by atoms with E-state index in [2.05, 4.69) is 5.32 Å². The predicted molar refractivity (Wildman–Crippen MR) is 176 cm³/mol. The van der Waals surface area contributed by atoms with Crippen LogP contribution in [0.5, 0.6) is 0 Å². The summed E-state index contributed by atoms with van der Waals surface area (Å²) in [4.78, 5) is 73.4. The molecule has 2 saturated heterocycles. The number of rotatable bonds is 13. The summed E-state index contributed by atoms with van der Waals surface area (Å²) in [5.41, 5.74) is 7.15. The summed E-state index contributed by atoms with van der Waals surface area (Å²) in [5.74, 6) is -4.27. The fraction of sp³-hybridized carbons (Fsp3) is 0.543. The SMILES string of the molecule is CC(=O)N[C@H]1[C@H](O[C@@H]2[C@@H](OC(C)=O)[C@H](OCc3ccc4ccccc4c3)O[C@H](COC(C)=O)[C@H]2OC(C)=O)O[C@H](COC(C)=O)[C@@H](N)[C@@H]1OC(C)=O. The molecular weight excluding hydrogens is 688 g/mol. The van der Waals surface area contributed by atoms with E-state index < -0.39 is 110 Å². The Morgan fingerprint density at radius 3 is 1.81 bits per heavy atom.